The molecule has 2 aromatic carbocycles. The zero-order valence-electron chi connectivity index (χ0n) is 14.5. The zero-order valence-corrected chi connectivity index (χ0v) is 16.0. The number of rotatable bonds is 5. The largest absolute Gasteiger partial charge is 0.496 e. The molecule has 0 aliphatic heterocycles. The Morgan fingerprint density at radius 1 is 1.04 bits per heavy atom. The van der Waals surface area contributed by atoms with Crippen molar-refractivity contribution in [1.82, 2.24) is 4.98 Å². The van der Waals surface area contributed by atoms with Gasteiger partial charge in [0, 0.05) is 27.4 Å². The minimum Gasteiger partial charge on any atom is -0.496 e. The fraction of sp³-hybridized carbons (Fsp3) is 0.190. The molecule has 1 heterocycles. The fourth-order valence-electron chi connectivity index (χ4n) is 3.26. The van der Waals surface area contributed by atoms with E-state index in [1.807, 2.05) is 42.5 Å². The van der Waals surface area contributed by atoms with Gasteiger partial charge in [-0.25, -0.2) is 0 Å². The van der Waals surface area contributed by atoms with Crippen LogP contribution in [0.15, 0.2) is 66.9 Å². The van der Waals surface area contributed by atoms with Crippen LogP contribution in [-0.4, -0.2) is 17.2 Å². The summed E-state index contributed by atoms with van der Waals surface area (Å²) in [6.45, 7) is 1.73. The van der Waals surface area contributed by atoms with Gasteiger partial charge in [0.25, 0.3) is 0 Å². The van der Waals surface area contributed by atoms with Crippen molar-refractivity contribution < 1.29 is 9.84 Å². The average Bonchev–Trinajstić information content (AvgIpc) is 2.62. The number of methoxy groups -OCH3 is 1. The average molecular weight is 388 g/mol. The van der Waals surface area contributed by atoms with E-state index in [2.05, 4.69) is 4.98 Å². The third kappa shape index (κ3) is 3.56. The van der Waals surface area contributed by atoms with E-state index in [0.717, 1.165) is 5.56 Å². The van der Waals surface area contributed by atoms with Crippen molar-refractivity contribution in [2.24, 2.45) is 0 Å². The summed E-state index contributed by atoms with van der Waals surface area (Å²) in [6, 6.07) is 18.3. The van der Waals surface area contributed by atoms with Crippen molar-refractivity contribution in [2.45, 2.75) is 18.4 Å². The predicted octanol–water partition coefficient (Wildman–Crippen LogP) is 5.44. The molecule has 5 heteroatoms. The van der Waals surface area contributed by atoms with Gasteiger partial charge in [0.05, 0.1) is 18.7 Å². The Kier molecular flexibility index (Phi) is 5.52. The Morgan fingerprint density at radius 3 is 2.42 bits per heavy atom. The lowest BCUT2D eigenvalue weighted by Gasteiger charge is -2.35. The Hall–Kier alpha value is -2.07. The van der Waals surface area contributed by atoms with Gasteiger partial charge in [0.2, 0.25) is 0 Å². The minimum absolute atomic E-state index is 0.401. The topological polar surface area (TPSA) is 42.4 Å². The van der Waals surface area contributed by atoms with Crippen molar-refractivity contribution in [3.63, 3.8) is 0 Å². The highest BCUT2D eigenvalue weighted by Crippen LogP contribution is 2.46. The standard InChI is InChI=1S/C21H19Cl2NO2/c1-21(25,16-11-10-14(22)13-17(16)23)20(18-8-5-6-12-24-18)15-7-3-4-9-19(15)26-2/h3-13,20,25H,1-2H3/t20-,21-/m0/s1. The number of benzene rings is 2. The number of nitrogens with zero attached hydrogens (tertiary/aromatic N) is 1. The number of hydrogen-bond donors (Lipinski definition) is 1. The molecule has 3 nitrogen and oxygen atoms in total. The molecule has 3 rings (SSSR count). The third-order valence-electron chi connectivity index (χ3n) is 4.47. The van der Waals surface area contributed by atoms with E-state index in [1.165, 1.54) is 0 Å². The van der Waals surface area contributed by atoms with Gasteiger partial charge in [-0.15, -0.1) is 0 Å². The number of aromatic nitrogens is 1. The van der Waals surface area contributed by atoms with Crippen LogP contribution in [0.1, 0.15) is 29.7 Å². The molecule has 0 aliphatic rings. The SMILES string of the molecule is COc1ccccc1[C@@H](c1ccccn1)[C@@](C)(O)c1ccc(Cl)cc1Cl. The van der Waals surface area contributed by atoms with E-state index < -0.39 is 11.5 Å². The summed E-state index contributed by atoms with van der Waals surface area (Å²) in [5, 5.41) is 12.5. The van der Waals surface area contributed by atoms with Crippen LogP contribution in [0.25, 0.3) is 0 Å². The van der Waals surface area contributed by atoms with Crippen molar-refractivity contribution in [2.75, 3.05) is 7.11 Å². The fourth-order valence-corrected chi connectivity index (χ4v) is 3.86. The van der Waals surface area contributed by atoms with Crippen LogP contribution in [0.4, 0.5) is 0 Å². The van der Waals surface area contributed by atoms with Crippen LogP contribution < -0.4 is 4.74 Å². The van der Waals surface area contributed by atoms with E-state index in [-0.39, 0.29) is 0 Å². The van der Waals surface area contributed by atoms with Crippen LogP contribution in [-0.2, 0) is 5.60 Å². The number of para-hydroxylation sites is 1. The molecular weight excluding hydrogens is 369 g/mol. The highest BCUT2D eigenvalue weighted by Gasteiger charge is 2.40. The van der Waals surface area contributed by atoms with Crippen LogP contribution in [0.5, 0.6) is 5.75 Å². The maximum Gasteiger partial charge on any atom is 0.122 e. The van der Waals surface area contributed by atoms with E-state index in [1.54, 1.807) is 38.4 Å². The maximum absolute atomic E-state index is 11.6. The molecular formula is C21H19Cl2NO2. The van der Waals surface area contributed by atoms with Gasteiger partial charge in [-0.1, -0.05) is 53.5 Å². The second-order valence-electron chi connectivity index (χ2n) is 6.20. The maximum atomic E-state index is 11.6. The molecule has 0 unspecified atom stereocenters. The lowest BCUT2D eigenvalue weighted by Crippen LogP contribution is -2.32. The monoisotopic (exact) mass is 387 g/mol. The number of aliphatic hydroxyl groups is 1. The van der Waals surface area contributed by atoms with Crippen molar-refractivity contribution >= 4 is 23.2 Å². The Balaban J connectivity index is 2.23. The molecule has 0 fully saturated rings. The van der Waals surface area contributed by atoms with Gasteiger partial charge in [-0.05, 0) is 37.3 Å². The summed E-state index contributed by atoms with van der Waals surface area (Å²) in [7, 11) is 1.61. The summed E-state index contributed by atoms with van der Waals surface area (Å²) >= 11 is 12.4. The third-order valence-corrected chi connectivity index (χ3v) is 5.02. The first-order valence-corrected chi connectivity index (χ1v) is 8.92. The van der Waals surface area contributed by atoms with Gasteiger partial charge in [-0.2, -0.15) is 0 Å². The van der Waals surface area contributed by atoms with Crippen molar-refractivity contribution in [1.29, 1.82) is 0 Å². The van der Waals surface area contributed by atoms with Crippen molar-refractivity contribution in [3.8, 4) is 5.75 Å². The highest BCUT2D eigenvalue weighted by molar-refractivity contribution is 6.35. The molecule has 2 atom stereocenters. The van der Waals surface area contributed by atoms with E-state index in [9.17, 15) is 5.11 Å². The lowest BCUT2D eigenvalue weighted by atomic mass is 9.76. The molecule has 134 valence electrons. The van der Waals surface area contributed by atoms with Gasteiger partial charge in [-0.3, -0.25) is 4.98 Å². The normalized spacial score (nSPS) is 14.5. The molecule has 0 bridgehead atoms. The van der Waals surface area contributed by atoms with E-state index in [0.29, 0.717) is 27.1 Å². The lowest BCUT2D eigenvalue weighted by molar-refractivity contribution is 0.0374. The first-order valence-electron chi connectivity index (χ1n) is 8.17. The highest BCUT2D eigenvalue weighted by atomic mass is 35.5. The van der Waals surface area contributed by atoms with Crippen LogP contribution in [0.2, 0.25) is 10.0 Å². The number of pyridine rings is 1. The first-order chi connectivity index (χ1) is 12.4. The smallest absolute Gasteiger partial charge is 0.122 e. The minimum atomic E-state index is -1.34. The molecule has 3 aromatic rings. The van der Waals surface area contributed by atoms with Crippen LogP contribution >= 0.6 is 23.2 Å². The summed E-state index contributed by atoms with van der Waals surface area (Å²) in [5.74, 6) is 0.187. The van der Waals surface area contributed by atoms with Gasteiger partial charge in [0.1, 0.15) is 11.4 Å². The molecule has 0 radical (unpaired) electrons. The Morgan fingerprint density at radius 2 is 1.77 bits per heavy atom. The second kappa shape index (κ2) is 7.67. The number of hydrogen-bond acceptors (Lipinski definition) is 3. The number of halogens is 2. The first kappa shape index (κ1) is 18.7. The molecule has 0 amide bonds. The van der Waals surface area contributed by atoms with Gasteiger partial charge in [0.15, 0.2) is 0 Å². The molecule has 0 saturated carbocycles. The summed E-state index contributed by atoms with van der Waals surface area (Å²) < 4.78 is 5.54. The van der Waals surface area contributed by atoms with Gasteiger partial charge < -0.3 is 9.84 Å². The van der Waals surface area contributed by atoms with E-state index in [4.69, 9.17) is 27.9 Å². The molecule has 1 N–H and O–H groups in total. The molecule has 1 aromatic heterocycles. The molecule has 0 saturated heterocycles. The zero-order chi connectivity index (χ0) is 18.7. The quantitative estimate of drug-likeness (QED) is 0.633. The van der Waals surface area contributed by atoms with Crippen LogP contribution in [0, 0.1) is 0 Å². The summed E-state index contributed by atoms with van der Waals surface area (Å²) in [5.41, 5.74) is 0.771. The molecule has 0 spiro atoms. The summed E-state index contributed by atoms with van der Waals surface area (Å²) in [4.78, 5) is 4.49. The van der Waals surface area contributed by atoms with E-state index >= 15 is 0 Å². The molecule has 26 heavy (non-hydrogen) atoms. The Labute approximate surface area is 163 Å². The van der Waals surface area contributed by atoms with Gasteiger partial charge >= 0.3 is 0 Å². The predicted molar refractivity (Wildman–Crippen MR) is 105 cm³/mol. The van der Waals surface area contributed by atoms with Crippen molar-refractivity contribution in [3.05, 3.63) is 93.7 Å². The Bertz CT molecular complexity index is 898. The number of ether oxygens (including phenoxy) is 1. The second-order valence-corrected chi connectivity index (χ2v) is 7.04. The van der Waals surface area contributed by atoms with Crippen LogP contribution in [0.3, 0.4) is 0 Å². The molecule has 0 aliphatic carbocycles. The summed E-state index contributed by atoms with van der Waals surface area (Å²) in [6.07, 6.45) is 1.71.